The lowest BCUT2D eigenvalue weighted by Crippen LogP contribution is -2.38. The number of nitrogens with zero attached hydrogens (tertiary/aromatic N) is 1. The van der Waals surface area contributed by atoms with Crippen molar-refractivity contribution >= 4 is 17.9 Å². The predicted molar refractivity (Wildman–Crippen MR) is 87.1 cm³/mol. The van der Waals surface area contributed by atoms with E-state index < -0.39 is 24.0 Å². The molecule has 23 heavy (non-hydrogen) atoms. The van der Waals surface area contributed by atoms with Gasteiger partial charge in [0.15, 0.2) is 0 Å². The molecule has 2 fully saturated rings. The first-order chi connectivity index (χ1) is 11.2. The fourth-order valence-electron chi connectivity index (χ4n) is 3.30. The number of imide groups is 1. The number of carbonyl (C=O) groups excluding carboxylic acids is 2. The first kappa shape index (κ1) is 15.6. The van der Waals surface area contributed by atoms with Gasteiger partial charge in [0.25, 0.3) is 0 Å². The SMILES string of the molecule is C=C[C@H]1O[C@@H](/C=C/c2ccccc2)[C@@H]2C(=O)N(CCN)C(=O)[C@@H]21. The molecule has 1 aromatic carbocycles. The van der Waals surface area contributed by atoms with Crippen molar-refractivity contribution in [2.24, 2.45) is 17.6 Å². The Morgan fingerprint density at radius 3 is 2.39 bits per heavy atom. The van der Waals surface area contributed by atoms with Gasteiger partial charge in [-0.05, 0) is 5.56 Å². The van der Waals surface area contributed by atoms with Crippen LogP contribution in [0, 0.1) is 11.8 Å². The van der Waals surface area contributed by atoms with E-state index in [1.165, 1.54) is 4.90 Å². The van der Waals surface area contributed by atoms with E-state index >= 15 is 0 Å². The van der Waals surface area contributed by atoms with Gasteiger partial charge in [0.1, 0.15) is 0 Å². The molecule has 120 valence electrons. The highest BCUT2D eigenvalue weighted by Gasteiger charge is 2.58. The van der Waals surface area contributed by atoms with E-state index in [0.717, 1.165) is 5.56 Å². The summed E-state index contributed by atoms with van der Waals surface area (Å²) in [6.07, 6.45) is 4.50. The third kappa shape index (κ3) is 2.73. The summed E-state index contributed by atoms with van der Waals surface area (Å²) >= 11 is 0. The minimum Gasteiger partial charge on any atom is -0.365 e. The van der Waals surface area contributed by atoms with Crippen LogP contribution < -0.4 is 5.73 Å². The van der Waals surface area contributed by atoms with Crippen LogP contribution in [0.15, 0.2) is 49.1 Å². The highest BCUT2D eigenvalue weighted by Crippen LogP contribution is 2.41. The summed E-state index contributed by atoms with van der Waals surface area (Å²) in [5.41, 5.74) is 6.53. The Kier molecular flexibility index (Phi) is 4.41. The fourth-order valence-corrected chi connectivity index (χ4v) is 3.30. The molecule has 0 aromatic heterocycles. The zero-order valence-corrected chi connectivity index (χ0v) is 12.8. The van der Waals surface area contributed by atoms with E-state index in [4.69, 9.17) is 10.5 Å². The molecule has 0 saturated carbocycles. The smallest absolute Gasteiger partial charge is 0.236 e. The number of likely N-dealkylation sites (tertiary alicyclic amines) is 1. The van der Waals surface area contributed by atoms with Crippen molar-refractivity contribution in [1.29, 1.82) is 0 Å². The van der Waals surface area contributed by atoms with Crippen LogP contribution in [0.4, 0.5) is 0 Å². The van der Waals surface area contributed by atoms with Gasteiger partial charge in [-0.2, -0.15) is 0 Å². The molecule has 2 amide bonds. The van der Waals surface area contributed by atoms with Crippen molar-refractivity contribution in [2.75, 3.05) is 13.1 Å². The first-order valence-electron chi connectivity index (χ1n) is 7.74. The number of rotatable bonds is 5. The van der Waals surface area contributed by atoms with Crippen LogP contribution in [0.1, 0.15) is 5.56 Å². The molecule has 2 saturated heterocycles. The largest absolute Gasteiger partial charge is 0.365 e. The second kappa shape index (κ2) is 6.48. The zero-order chi connectivity index (χ0) is 16.4. The lowest BCUT2D eigenvalue weighted by molar-refractivity contribution is -0.142. The average Bonchev–Trinajstić information content (AvgIpc) is 3.06. The van der Waals surface area contributed by atoms with Crippen LogP contribution in [0.5, 0.6) is 0 Å². The molecule has 5 heteroatoms. The van der Waals surface area contributed by atoms with Crippen molar-refractivity contribution in [3.8, 4) is 0 Å². The van der Waals surface area contributed by atoms with Gasteiger partial charge in [-0.25, -0.2) is 0 Å². The monoisotopic (exact) mass is 312 g/mol. The minimum absolute atomic E-state index is 0.197. The normalized spacial score (nSPS) is 30.2. The van der Waals surface area contributed by atoms with Crippen LogP contribution in [0.25, 0.3) is 6.08 Å². The molecule has 2 heterocycles. The number of amides is 2. The number of carbonyl (C=O) groups is 2. The summed E-state index contributed by atoms with van der Waals surface area (Å²) in [6, 6.07) is 9.76. The Bertz CT molecular complexity index is 641. The molecule has 3 rings (SSSR count). The Labute approximate surface area is 135 Å². The van der Waals surface area contributed by atoms with Gasteiger partial charge >= 0.3 is 0 Å². The number of benzene rings is 1. The molecule has 0 spiro atoms. The molecule has 5 nitrogen and oxygen atoms in total. The van der Waals surface area contributed by atoms with Crippen LogP contribution in [0.2, 0.25) is 0 Å². The van der Waals surface area contributed by atoms with E-state index in [9.17, 15) is 9.59 Å². The van der Waals surface area contributed by atoms with Gasteiger partial charge in [0.05, 0.1) is 24.0 Å². The highest BCUT2D eigenvalue weighted by molar-refractivity contribution is 6.06. The second-order valence-corrected chi connectivity index (χ2v) is 5.74. The van der Waals surface area contributed by atoms with E-state index in [-0.39, 0.29) is 24.9 Å². The Morgan fingerprint density at radius 1 is 1.13 bits per heavy atom. The number of ether oxygens (including phenoxy) is 1. The van der Waals surface area contributed by atoms with Crippen molar-refractivity contribution in [2.45, 2.75) is 12.2 Å². The van der Waals surface area contributed by atoms with E-state index in [2.05, 4.69) is 6.58 Å². The Morgan fingerprint density at radius 2 is 1.78 bits per heavy atom. The summed E-state index contributed by atoms with van der Waals surface area (Å²) in [7, 11) is 0. The molecule has 2 aliphatic heterocycles. The van der Waals surface area contributed by atoms with Gasteiger partial charge < -0.3 is 10.5 Å². The topological polar surface area (TPSA) is 72.6 Å². The molecule has 4 atom stereocenters. The van der Waals surface area contributed by atoms with Crippen molar-refractivity contribution in [3.63, 3.8) is 0 Å². The number of hydrogen-bond donors (Lipinski definition) is 1. The zero-order valence-electron chi connectivity index (χ0n) is 12.8. The Hall–Kier alpha value is -2.24. The molecule has 2 N–H and O–H groups in total. The summed E-state index contributed by atoms with van der Waals surface area (Å²) in [5.74, 6) is -1.38. The van der Waals surface area contributed by atoms with Crippen LogP contribution in [-0.4, -0.2) is 42.0 Å². The quantitative estimate of drug-likeness (QED) is 0.655. The standard InChI is InChI=1S/C18H20N2O3/c1-2-13-15-16(18(22)20(11-10-19)17(15)21)14(23-13)9-8-12-6-4-3-5-7-12/h2-9,13-16H,1,10-11,19H2/b9-8+/t13-,14+,15-,16+/m1/s1. The number of hydrogen-bond acceptors (Lipinski definition) is 4. The molecular weight excluding hydrogens is 292 g/mol. The summed E-state index contributed by atoms with van der Waals surface area (Å²) in [5, 5.41) is 0. The van der Waals surface area contributed by atoms with Gasteiger partial charge in [-0.3, -0.25) is 14.5 Å². The van der Waals surface area contributed by atoms with Crippen LogP contribution >= 0.6 is 0 Å². The lowest BCUT2D eigenvalue weighted by atomic mass is 9.89. The van der Waals surface area contributed by atoms with Crippen molar-refractivity contribution in [3.05, 3.63) is 54.6 Å². The molecule has 0 unspecified atom stereocenters. The third-order valence-corrected chi connectivity index (χ3v) is 4.37. The molecule has 1 aromatic rings. The molecule has 2 aliphatic rings. The van der Waals surface area contributed by atoms with E-state index in [1.807, 2.05) is 42.5 Å². The highest BCUT2D eigenvalue weighted by atomic mass is 16.5. The van der Waals surface area contributed by atoms with Gasteiger partial charge in [0, 0.05) is 13.1 Å². The lowest BCUT2D eigenvalue weighted by Gasteiger charge is -2.18. The molecule has 0 aliphatic carbocycles. The van der Waals surface area contributed by atoms with Crippen molar-refractivity contribution in [1.82, 2.24) is 4.90 Å². The summed E-state index contributed by atoms with van der Waals surface area (Å²) in [4.78, 5) is 26.3. The van der Waals surface area contributed by atoms with Gasteiger partial charge in [0.2, 0.25) is 11.8 Å². The van der Waals surface area contributed by atoms with Crippen LogP contribution in [-0.2, 0) is 14.3 Å². The summed E-state index contributed by atoms with van der Waals surface area (Å²) < 4.78 is 5.86. The second-order valence-electron chi connectivity index (χ2n) is 5.74. The molecule has 0 radical (unpaired) electrons. The van der Waals surface area contributed by atoms with Crippen molar-refractivity contribution < 1.29 is 14.3 Å². The summed E-state index contributed by atoms with van der Waals surface area (Å²) in [6.45, 7) is 4.25. The van der Waals surface area contributed by atoms with E-state index in [1.54, 1.807) is 6.08 Å². The number of fused-ring (bicyclic) bond motifs is 1. The Balaban J connectivity index is 1.85. The third-order valence-electron chi connectivity index (χ3n) is 4.37. The van der Waals surface area contributed by atoms with Gasteiger partial charge in [-0.15, -0.1) is 6.58 Å². The predicted octanol–water partition coefficient (Wildman–Crippen LogP) is 1.21. The molecule has 0 bridgehead atoms. The average molecular weight is 312 g/mol. The van der Waals surface area contributed by atoms with Gasteiger partial charge in [-0.1, -0.05) is 48.6 Å². The maximum atomic E-state index is 12.6. The van der Waals surface area contributed by atoms with Crippen LogP contribution in [0.3, 0.4) is 0 Å². The maximum Gasteiger partial charge on any atom is 0.236 e. The fraction of sp³-hybridized carbons (Fsp3) is 0.333. The maximum absolute atomic E-state index is 12.6. The first-order valence-corrected chi connectivity index (χ1v) is 7.74. The molecular formula is C18H20N2O3. The number of nitrogens with two attached hydrogens (primary N) is 1. The van der Waals surface area contributed by atoms with E-state index in [0.29, 0.717) is 0 Å². The minimum atomic E-state index is -0.489.